The maximum atomic E-state index is 5.99. The molecule has 3 heterocycles. The van der Waals surface area contributed by atoms with E-state index in [-0.39, 0.29) is 0 Å². The zero-order valence-electron chi connectivity index (χ0n) is 11.5. The molecule has 0 unspecified atom stereocenters. The quantitative estimate of drug-likeness (QED) is 0.693. The zero-order chi connectivity index (χ0) is 14.3. The molecule has 0 fully saturated rings. The lowest BCUT2D eigenvalue weighted by Gasteiger charge is -2.05. The van der Waals surface area contributed by atoms with Crippen LogP contribution in [0, 0.1) is 20.8 Å². The topological polar surface area (TPSA) is 37.8 Å². The molecule has 0 aromatic carbocycles. The number of aromatic nitrogens is 2. The Bertz CT molecular complexity index is 757. The Kier molecular flexibility index (Phi) is 3.67. The molecule has 3 nitrogen and oxygen atoms in total. The summed E-state index contributed by atoms with van der Waals surface area (Å²) in [7, 11) is 0. The Morgan fingerprint density at radius 3 is 2.65 bits per heavy atom. The predicted octanol–water partition coefficient (Wildman–Crippen LogP) is 4.94. The van der Waals surface area contributed by atoms with Crippen LogP contribution in [0.15, 0.2) is 12.1 Å². The maximum Gasteiger partial charge on any atom is 0.225 e. The first-order valence-corrected chi connectivity index (χ1v) is 8.27. The summed E-state index contributed by atoms with van der Waals surface area (Å²) in [6.45, 7) is 7.11. The van der Waals surface area contributed by atoms with Gasteiger partial charge in [0, 0.05) is 14.6 Å². The molecule has 0 saturated heterocycles. The van der Waals surface area contributed by atoms with Crippen LogP contribution in [-0.2, 0) is 6.54 Å². The molecule has 104 valence electrons. The molecule has 3 rings (SSSR count). The molecule has 0 aliphatic carbocycles. The standard InChI is InChI=1S/C14H14ClN3S2/c1-7-4-10(20-9(7)3)6-16-12-11-5-8(2)19-13(11)18-14(15)17-12/h4-5H,6H2,1-3H3,(H,16,17,18). The van der Waals surface area contributed by atoms with Gasteiger partial charge in [-0.25, -0.2) is 9.97 Å². The van der Waals surface area contributed by atoms with Crippen molar-refractivity contribution in [3.63, 3.8) is 0 Å². The molecule has 3 aromatic heterocycles. The van der Waals surface area contributed by atoms with Gasteiger partial charge in [0.1, 0.15) is 10.6 Å². The number of thiophene rings is 2. The van der Waals surface area contributed by atoms with E-state index >= 15 is 0 Å². The number of hydrogen-bond donors (Lipinski definition) is 1. The minimum Gasteiger partial charge on any atom is -0.364 e. The monoisotopic (exact) mass is 323 g/mol. The summed E-state index contributed by atoms with van der Waals surface area (Å²) in [5, 5.41) is 4.72. The average Bonchev–Trinajstić information content (AvgIpc) is 2.89. The van der Waals surface area contributed by atoms with Crippen LogP contribution in [0.3, 0.4) is 0 Å². The SMILES string of the molecule is Cc1cc2c(NCc3cc(C)c(C)s3)nc(Cl)nc2s1. The molecular weight excluding hydrogens is 310 g/mol. The van der Waals surface area contributed by atoms with E-state index in [4.69, 9.17) is 11.6 Å². The second-order valence-corrected chi connectivity index (χ2v) is 7.64. The Morgan fingerprint density at radius 1 is 1.15 bits per heavy atom. The van der Waals surface area contributed by atoms with Crippen molar-refractivity contribution in [2.24, 2.45) is 0 Å². The zero-order valence-corrected chi connectivity index (χ0v) is 13.8. The van der Waals surface area contributed by atoms with Gasteiger partial charge in [-0.15, -0.1) is 22.7 Å². The van der Waals surface area contributed by atoms with Gasteiger partial charge in [0.2, 0.25) is 5.28 Å². The molecule has 0 spiro atoms. The van der Waals surface area contributed by atoms with E-state index < -0.39 is 0 Å². The highest BCUT2D eigenvalue weighted by Gasteiger charge is 2.10. The normalized spacial score (nSPS) is 11.2. The third-order valence-electron chi connectivity index (χ3n) is 3.14. The van der Waals surface area contributed by atoms with Crippen molar-refractivity contribution in [1.29, 1.82) is 0 Å². The lowest BCUT2D eigenvalue weighted by molar-refractivity contribution is 1.13. The highest BCUT2D eigenvalue weighted by molar-refractivity contribution is 7.18. The molecule has 0 aliphatic heterocycles. The van der Waals surface area contributed by atoms with Crippen LogP contribution in [0.25, 0.3) is 10.2 Å². The third kappa shape index (κ3) is 2.66. The van der Waals surface area contributed by atoms with Crippen molar-refractivity contribution in [1.82, 2.24) is 9.97 Å². The summed E-state index contributed by atoms with van der Waals surface area (Å²) >= 11 is 9.44. The van der Waals surface area contributed by atoms with Gasteiger partial charge in [0.15, 0.2) is 0 Å². The van der Waals surface area contributed by atoms with Gasteiger partial charge in [0.05, 0.1) is 11.9 Å². The van der Waals surface area contributed by atoms with E-state index in [2.05, 4.69) is 48.2 Å². The Morgan fingerprint density at radius 2 is 1.95 bits per heavy atom. The van der Waals surface area contributed by atoms with Gasteiger partial charge in [-0.1, -0.05) is 0 Å². The minimum absolute atomic E-state index is 0.292. The predicted molar refractivity (Wildman–Crippen MR) is 88.3 cm³/mol. The van der Waals surface area contributed by atoms with Gasteiger partial charge in [-0.2, -0.15) is 0 Å². The van der Waals surface area contributed by atoms with Gasteiger partial charge in [-0.05, 0) is 50.1 Å². The molecule has 3 aromatic rings. The number of aryl methyl sites for hydroxylation is 3. The first-order valence-electron chi connectivity index (χ1n) is 6.26. The smallest absolute Gasteiger partial charge is 0.225 e. The minimum atomic E-state index is 0.292. The van der Waals surface area contributed by atoms with E-state index in [0.29, 0.717) is 5.28 Å². The third-order valence-corrected chi connectivity index (χ3v) is 5.40. The van der Waals surface area contributed by atoms with Gasteiger partial charge in [-0.3, -0.25) is 0 Å². The van der Waals surface area contributed by atoms with Gasteiger partial charge >= 0.3 is 0 Å². The molecule has 0 atom stereocenters. The fraction of sp³-hybridized carbons (Fsp3) is 0.286. The van der Waals surface area contributed by atoms with Crippen LogP contribution in [0.1, 0.15) is 20.2 Å². The van der Waals surface area contributed by atoms with Crippen molar-refractivity contribution in [2.75, 3.05) is 5.32 Å². The molecule has 1 N–H and O–H groups in total. The van der Waals surface area contributed by atoms with E-state index in [1.54, 1.807) is 11.3 Å². The molecule has 0 bridgehead atoms. The van der Waals surface area contributed by atoms with Crippen LogP contribution in [0.4, 0.5) is 5.82 Å². The second-order valence-electron chi connectivity index (χ2n) is 4.72. The summed E-state index contributed by atoms with van der Waals surface area (Å²) in [6.07, 6.45) is 0. The Labute approximate surface area is 130 Å². The first-order chi connectivity index (χ1) is 9.52. The summed E-state index contributed by atoms with van der Waals surface area (Å²) in [5.41, 5.74) is 1.34. The first kappa shape index (κ1) is 13.8. The van der Waals surface area contributed by atoms with Gasteiger partial charge in [0.25, 0.3) is 0 Å². The van der Waals surface area contributed by atoms with E-state index in [9.17, 15) is 0 Å². The fourth-order valence-corrected chi connectivity index (χ4v) is 4.15. The molecule has 0 amide bonds. The molecule has 0 radical (unpaired) electrons. The van der Waals surface area contributed by atoms with E-state index in [1.165, 1.54) is 20.2 Å². The number of nitrogens with one attached hydrogen (secondary N) is 1. The summed E-state index contributed by atoms with van der Waals surface area (Å²) in [4.78, 5) is 13.4. The molecular formula is C14H14ClN3S2. The molecule has 0 aliphatic rings. The average molecular weight is 324 g/mol. The highest BCUT2D eigenvalue weighted by atomic mass is 35.5. The Balaban J connectivity index is 1.90. The number of rotatable bonds is 3. The molecule has 6 heteroatoms. The number of fused-ring (bicyclic) bond motifs is 1. The van der Waals surface area contributed by atoms with Crippen LogP contribution in [0.2, 0.25) is 5.28 Å². The van der Waals surface area contributed by atoms with Crippen molar-refractivity contribution in [3.05, 3.63) is 37.6 Å². The molecule has 20 heavy (non-hydrogen) atoms. The van der Waals surface area contributed by atoms with E-state index in [1.807, 2.05) is 11.3 Å². The van der Waals surface area contributed by atoms with Crippen molar-refractivity contribution in [3.8, 4) is 0 Å². The van der Waals surface area contributed by atoms with Crippen LogP contribution >= 0.6 is 34.3 Å². The van der Waals surface area contributed by atoms with Gasteiger partial charge < -0.3 is 5.32 Å². The molecule has 0 saturated carbocycles. The maximum absolute atomic E-state index is 5.99. The summed E-state index contributed by atoms with van der Waals surface area (Å²) in [5.74, 6) is 0.813. The largest absolute Gasteiger partial charge is 0.364 e. The fourth-order valence-electron chi connectivity index (χ4n) is 2.06. The number of nitrogens with zero attached hydrogens (tertiary/aromatic N) is 2. The summed E-state index contributed by atoms with van der Waals surface area (Å²) in [6, 6.07) is 4.31. The van der Waals surface area contributed by atoms with E-state index in [0.717, 1.165) is 22.6 Å². The van der Waals surface area contributed by atoms with Crippen LogP contribution < -0.4 is 5.32 Å². The van der Waals surface area contributed by atoms with Crippen molar-refractivity contribution >= 4 is 50.3 Å². The number of halogens is 1. The lowest BCUT2D eigenvalue weighted by atomic mass is 10.3. The van der Waals surface area contributed by atoms with Crippen molar-refractivity contribution in [2.45, 2.75) is 27.3 Å². The number of anilines is 1. The summed E-state index contributed by atoms with van der Waals surface area (Å²) < 4.78 is 0. The second kappa shape index (κ2) is 5.31. The van der Waals surface area contributed by atoms with Crippen LogP contribution in [-0.4, -0.2) is 9.97 Å². The Hall–Kier alpha value is -1.17. The van der Waals surface area contributed by atoms with Crippen LogP contribution in [0.5, 0.6) is 0 Å². The number of hydrogen-bond acceptors (Lipinski definition) is 5. The van der Waals surface area contributed by atoms with Crippen molar-refractivity contribution < 1.29 is 0 Å². The lowest BCUT2D eigenvalue weighted by Crippen LogP contribution is -2.01. The highest BCUT2D eigenvalue weighted by Crippen LogP contribution is 2.30.